The monoisotopic (exact) mass is 341 g/mol. The first kappa shape index (κ1) is 14.1. The van der Waals surface area contributed by atoms with Gasteiger partial charge in [0.25, 0.3) is 0 Å². The highest BCUT2D eigenvalue weighted by Crippen LogP contribution is 2.25. The fourth-order valence-corrected chi connectivity index (χ4v) is 4.25. The number of thiophene rings is 1. The zero-order chi connectivity index (χ0) is 13.0. The van der Waals surface area contributed by atoms with E-state index in [1.165, 1.54) is 19.1 Å². The summed E-state index contributed by atoms with van der Waals surface area (Å²) in [5.74, 6) is 0.959. The number of halogens is 1. The lowest BCUT2D eigenvalue weighted by molar-refractivity contribution is 0.757. The Kier molecular flexibility index (Phi) is 5.30. The second kappa shape index (κ2) is 6.75. The molecule has 1 heterocycles. The maximum atomic E-state index is 6.18. The van der Waals surface area contributed by atoms with Gasteiger partial charge < -0.3 is 5.73 Å². The van der Waals surface area contributed by atoms with E-state index in [1.54, 1.807) is 11.3 Å². The molecule has 4 heteroatoms. The average molecular weight is 342 g/mol. The normalized spacial score (nSPS) is 12.6. The molecular weight excluding hydrogens is 326 g/mol. The smallest absolute Gasteiger partial charge is 0.0701 e. The number of rotatable bonds is 5. The Balaban J connectivity index is 1.85. The lowest BCUT2D eigenvalue weighted by Crippen LogP contribution is -2.25. The van der Waals surface area contributed by atoms with Gasteiger partial charge in [-0.15, -0.1) is 23.1 Å². The molecule has 96 valence electrons. The van der Waals surface area contributed by atoms with E-state index in [4.69, 9.17) is 5.73 Å². The molecule has 1 aromatic heterocycles. The van der Waals surface area contributed by atoms with Crippen LogP contribution in [0.25, 0.3) is 0 Å². The number of hydrogen-bond donors (Lipinski definition) is 1. The summed E-state index contributed by atoms with van der Waals surface area (Å²) in [6.45, 7) is 2.14. The van der Waals surface area contributed by atoms with Crippen molar-refractivity contribution >= 4 is 39.0 Å². The van der Waals surface area contributed by atoms with Gasteiger partial charge >= 0.3 is 0 Å². The van der Waals surface area contributed by atoms with Crippen molar-refractivity contribution in [1.29, 1.82) is 0 Å². The molecule has 0 aliphatic heterocycles. The number of thioether (sulfide) groups is 1. The van der Waals surface area contributed by atoms with Crippen LogP contribution in [0.2, 0.25) is 0 Å². The number of nitrogens with two attached hydrogens (primary N) is 1. The molecule has 2 aromatic rings. The maximum absolute atomic E-state index is 6.18. The van der Waals surface area contributed by atoms with Gasteiger partial charge in [-0.1, -0.05) is 18.2 Å². The molecule has 0 radical (unpaired) electrons. The number of hydrogen-bond acceptors (Lipinski definition) is 3. The van der Waals surface area contributed by atoms with E-state index in [9.17, 15) is 0 Å². The molecule has 0 fully saturated rings. The largest absolute Gasteiger partial charge is 0.327 e. The molecular formula is C14H16BrNS2. The zero-order valence-electron chi connectivity index (χ0n) is 10.2. The molecule has 2 N–H and O–H groups in total. The van der Waals surface area contributed by atoms with Crippen LogP contribution in [0, 0.1) is 6.92 Å². The van der Waals surface area contributed by atoms with E-state index in [-0.39, 0.29) is 6.04 Å². The van der Waals surface area contributed by atoms with Gasteiger partial charge in [0.15, 0.2) is 0 Å². The SMILES string of the molecule is Cc1ccccc1SCC(N)Cc1ccc(Br)s1. The fourth-order valence-electron chi connectivity index (χ4n) is 1.69. The molecule has 0 amide bonds. The van der Waals surface area contributed by atoms with Gasteiger partial charge in [-0.3, -0.25) is 0 Å². The van der Waals surface area contributed by atoms with Crippen molar-refractivity contribution in [2.24, 2.45) is 5.73 Å². The predicted octanol–water partition coefficient (Wildman–Crippen LogP) is 4.48. The van der Waals surface area contributed by atoms with Gasteiger partial charge in [0.2, 0.25) is 0 Å². The van der Waals surface area contributed by atoms with Crippen molar-refractivity contribution in [1.82, 2.24) is 0 Å². The molecule has 1 atom stereocenters. The van der Waals surface area contributed by atoms with E-state index >= 15 is 0 Å². The van der Waals surface area contributed by atoms with Crippen molar-refractivity contribution in [2.75, 3.05) is 5.75 Å². The summed E-state index contributed by atoms with van der Waals surface area (Å²) in [6, 6.07) is 12.9. The standard InChI is InChI=1S/C14H16BrNS2/c1-10-4-2-3-5-13(10)17-9-11(16)8-12-6-7-14(15)18-12/h2-7,11H,8-9,16H2,1H3. The van der Waals surface area contributed by atoms with E-state index < -0.39 is 0 Å². The van der Waals surface area contributed by atoms with Gasteiger partial charge in [0.1, 0.15) is 0 Å². The summed E-state index contributed by atoms with van der Waals surface area (Å²) >= 11 is 7.10. The minimum absolute atomic E-state index is 0.208. The van der Waals surface area contributed by atoms with Crippen LogP contribution < -0.4 is 5.73 Å². The summed E-state index contributed by atoms with van der Waals surface area (Å²) in [5.41, 5.74) is 7.51. The van der Waals surface area contributed by atoms with Crippen molar-refractivity contribution in [3.8, 4) is 0 Å². The van der Waals surface area contributed by atoms with Crippen molar-refractivity contribution < 1.29 is 0 Å². The quantitative estimate of drug-likeness (QED) is 0.811. The van der Waals surface area contributed by atoms with Gasteiger partial charge in [0.05, 0.1) is 3.79 Å². The van der Waals surface area contributed by atoms with Crippen LogP contribution in [0.4, 0.5) is 0 Å². The molecule has 2 rings (SSSR count). The van der Waals surface area contributed by atoms with Crippen LogP contribution in [0.5, 0.6) is 0 Å². The Morgan fingerprint density at radius 1 is 1.28 bits per heavy atom. The van der Waals surface area contributed by atoms with Crippen molar-refractivity contribution in [3.05, 3.63) is 50.6 Å². The number of benzene rings is 1. The minimum atomic E-state index is 0.208. The molecule has 0 spiro atoms. The molecule has 0 saturated carbocycles. The lowest BCUT2D eigenvalue weighted by Gasteiger charge is -2.11. The van der Waals surface area contributed by atoms with Crippen LogP contribution >= 0.6 is 39.0 Å². The first-order chi connectivity index (χ1) is 8.65. The summed E-state index contributed by atoms with van der Waals surface area (Å²) in [4.78, 5) is 2.68. The summed E-state index contributed by atoms with van der Waals surface area (Å²) in [6.07, 6.45) is 0.954. The van der Waals surface area contributed by atoms with Crippen molar-refractivity contribution in [2.45, 2.75) is 24.3 Å². The lowest BCUT2D eigenvalue weighted by atomic mass is 10.2. The van der Waals surface area contributed by atoms with Crippen molar-refractivity contribution in [3.63, 3.8) is 0 Å². The Labute approximate surface area is 125 Å². The van der Waals surface area contributed by atoms with Gasteiger partial charge in [-0.05, 0) is 53.0 Å². The summed E-state index contributed by atoms with van der Waals surface area (Å²) in [5, 5.41) is 0. The predicted molar refractivity (Wildman–Crippen MR) is 85.6 cm³/mol. The molecule has 0 bridgehead atoms. The second-order valence-electron chi connectivity index (χ2n) is 4.25. The molecule has 0 aliphatic rings. The molecule has 1 unspecified atom stereocenters. The van der Waals surface area contributed by atoms with E-state index in [1.807, 2.05) is 11.8 Å². The Morgan fingerprint density at radius 2 is 2.06 bits per heavy atom. The third-order valence-corrected chi connectivity index (χ3v) is 5.65. The van der Waals surface area contributed by atoms with Crippen LogP contribution in [-0.4, -0.2) is 11.8 Å². The highest BCUT2D eigenvalue weighted by molar-refractivity contribution is 9.11. The molecule has 0 saturated heterocycles. The Morgan fingerprint density at radius 3 is 2.72 bits per heavy atom. The van der Waals surface area contributed by atoms with Gasteiger partial charge in [-0.2, -0.15) is 0 Å². The topological polar surface area (TPSA) is 26.0 Å². The highest BCUT2D eigenvalue weighted by Gasteiger charge is 2.08. The molecule has 18 heavy (non-hydrogen) atoms. The van der Waals surface area contributed by atoms with Gasteiger partial charge in [-0.25, -0.2) is 0 Å². The van der Waals surface area contributed by atoms with Crippen LogP contribution in [0.3, 0.4) is 0 Å². The van der Waals surface area contributed by atoms with E-state index in [0.29, 0.717) is 0 Å². The minimum Gasteiger partial charge on any atom is -0.327 e. The second-order valence-corrected chi connectivity index (χ2v) is 7.86. The zero-order valence-corrected chi connectivity index (χ0v) is 13.4. The molecule has 1 aromatic carbocycles. The first-order valence-electron chi connectivity index (χ1n) is 5.83. The third kappa shape index (κ3) is 4.12. The van der Waals surface area contributed by atoms with E-state index in [2.05, 4.69) is 59.3 Å². The Bertz CT molecular complexity index is 510. The van der Waals surface area contributed by atoms with Crippen LogP contribution in [-0.2, 0) is 6.42 Å². The van der Waals surface area contributed by atoms with E-state index in [0.717, 1.165) is 12.2 Å². The average Bonchev–Trinajstić information content (AvgIpc) is 2.74. The molecule has 0 aliphatic carbocycles. The van der Waals surface area contributed by atoms with Crippen LogP contribution in [0.1, 0.15) is 10.4 Å². The fraction of sp³-hybridized carbons (Fsp3) is 0.286. The number of aryl methyl sites for hydroxylation is 1. The summed E-state index contributed by atoms with van der Waals surface area (Å²) < 4.78 is 1.18. The molecule has 1 nitrogen and oxygen atoms in total. The van der Waals surface area contributed by atoms with Crippen LogP contribution in [0.15, 0.2) is 45.1 Å². The third-order valence-electron chi connectivity index (χ3n) is 2.64. The maximum Gasteiger partial charge on any atom is 0.0701 e. The Hall–Kier alpha value is -0.290. The van der Waals surface area contributed by atoms with Gasteiger partial charge in [0, 0.05) is 21.6 Å². The first-order valence-corrected chi connectivity index (χ1v) is 8.43. The highest BCUT2D eigenvalue weighted by atomic mass is 79.9. The summed E-state index contributed by atoms with van der Waals surface area (Å²) in [7, 11) is 0.